The third-order valence-corrected chi connectivity index (χ3v) is 5.45. The van der Waals surface area contributed by atoms with Crippen LogP contribution in [0, 0.1) is 0 Å². The van der Waals surface area contributed by atoms with Gasteiger partial charge in [-0.15, -0.1) is 10.2 Å². The molecule has 2 N–H and O–H groups in total. The molecule has 2 aromatic carbocycles. The van der Waals surface area contributed by atoms with Gasteiger partial charge in [-0.25, -0.2) is 0 Å². The fourth-order valence-electron chi connectivity index (χ4n) is 2.60. The summed E-state index contributed by atoms with van der Waals surface area (Å²) in [6, 6.07) is 15.1. The summed E-state index contributed by atoms with van der Waals surface area (Å²) in [4.78, 5) is 24.3. The van der Waals surface area contributed by atoms with Crippen molar-refractivity contribution >= 4 is 40.4 Å². The van der Waals surface area contributed by atoms with Crippen LogP contribution in [0.5, 0.6) is 0 Å². The van der Waals surface area contributed by atoms with Crippen LogP contribution in [0.4, 0.5) is 5.69 Å². The molecule has 0 spiro atoms. The highest BCUT2D eigenvalue weighted by molar-refractivity contribution is 7.13. The molecule has 0 atom stereocenters. The van der Waals surface area contributed by atoms with Gasteiger partial charge in [-0.1, -0.05) is 60.2 Å². The van der Waals surface area contributed by atoms with Crippen LogP contribution in [0.2, 0.25) is 5.02 Å². The van der Waals surface area contributed by atoms with E-state index in [1.54, 1.807) is 24.3 Å². The predicted octanol–water partition coefficient (Wildman–Crippen LogP) is 4.26. The lowest BCUT2D eigenvalue weighted by Crippen LogP contribution is -2.22. The lowest BCUT2D eigenvalue weighted by molar-refractivity contribution is -0.121. The van der Waals surface area contributed by atoms with Crippen LogP contribution in [-0.4, -0.2) is 22.0 Å². The van der Waals surface area contributed by atoms with Gasteiger partial charge >= 0.3 is 0 Å². The number of nitrogens with one attached hydrogen (secondary N) is 2. The van der Waals surface area contributed by atoms with E-state index in [4.69, 9.17) is 11.6 Å². The zero-order chi connectivity index (χ0) is 20.6. The minimum absolute atomic E-state index is 0.0651. The summed E-state index contributed by atoms with van der Waals surface area (Å²) in [5.74, 6) is -0.416. The lowest BCUT2D eigenvalue weighted by Gasteiger charge is -2.05. The molecule has 3 aromatic rings. The second kappa shape index (κ2) is 10.1. The number of anilines is 1. The largest absolute Gasteiger partial charge is 0.352 e. The Morgan fingerprint density at radius 3 is 2.55 bits per heavy atom. The van der Waals surface area contributed by atoms with Crippen molar-refractivity contribution in [2.24, 2.45) is 0 Å². The summed E-state index contributed by atoms with van der Waals surface area (Å²) in [6.45, 7) is 2.60. The Balaban J connectivity index is 1.45. The monoisotopic (exact) mass is 428 g/mol. The first kappa shape index (κ1) is 21.0. The Hall–Kier alpha value is -2.77. The van der Waals surface area contributed by atoms with Crippen LogP contribution >= 0.6 is 22.9 Å². The molecular formula is C21H21ClN4O2S. The molecule has 2 amide bonds. The van der Waals surface area contributed by atoms with Crippen molar-refractivity contribution in [3.63, 3.8) is 0 Å². The van der Waals surface area contributed by atoms with Gasteiger partial charge in [0, 0.05) is 30.1 Å². The zero-order valence-corrected chi connectivity index (χ0v) is 17.5. The lowest BCUT2D eigenvalue weighted by atomic mass is 10.1. The molecule has 29 heavy (non-hydrogen) atoms. The topological polar surface area (TPSA) is 84.0 Å². The average molecular weight is 429 g/mol. The quantitative estimate of drug-likeness (QED) is 0.561. The van der Waals surface area contributed by atoms with Gasteiger partial charge in [0.2, 0.25) is 10.9 Å². The highest BCUT2D eigenvalue weighted by Gasteiger charge is 2.14. The van der Waals surface area contributed by atoms with Gasteiger partial charge in [-0.05, 0) is 35.7 Å². The Bertz CT molecular complexity index is 988. The molecule has 0 radical (unpaired) electrons. The number of benzene rings is 2. The number of amides is 2. The van der Waals surface area contributed by atoms with Crippen LogP contribution in [0.3, 0.4) is 0 Å². The number of carbonyl (C=O) groups excluding carboxylic acids is 2. The second-order valence-electron chi connectivity index (χ2n) is 6.41. The molecule has 6 nitrogen and oxygen atoms in total. The Morgan fingerprint density at radius 2 is 1.83 bits per heavy atom. The molecule has 0 aliphatic heterocycles. The summed E-state index contributed by atoms with van der Waals surface area (Å²) in [5, 5.41) is 15.0. The molecule has 0 aliphatic carbocycles. The van der Waals surface area contributed by atoms with Gasteiger partial charge in [0.1, 0.15) is 5.01 Å². The average Bonchev–Trinajstić information content (AvgIpc) is 3.20. The Morgan fingerprint density at radius 1 is 1.07 bits per heavy atom. The number of halogens is 1. The van der Waals surface area contributed by atoms with Crippen molar-refractivity contribution in [2.45, 2.75) is 32.7 Å². The number of nitrogens with zero attached hydrogens (tertiary/aromatic N) is 2. The molecule has 3 rings (SSSR count). The first-order valence-electron chi connectivity index (χ1n) is 9.27. The maximum absolute atomic E-state index is 12.3. The fourth-order valence-corrected chi connectivity index (χ4v) is 3.52. The van der Waals surface area contributed by atoms with Crippen LogP contribution in [0.1, 0.15) is 39.3 Å². The maximum Gasteiger partial charge on any atom is 0.286 e. The minimum atomic E-state index is -0.351. The molecule has 1 aromatic heterocycles. The molecule has 0 aliphatic rings. The number of hydrogen-bond donors (Lipinski definition) is 2. The summed E-state index contributed by atoms with van der Waals surface area (Å²) in [6.07, 6.45) is 1.72. The SMILES string of the molecule is CCc1ccc(CNC(=O)CCc2nnc(C(=O)Nc3cccc(Cl)c3)s2)cc1. The van der Waals surface area contributed by atoms with Crippen molar-refractivity contribution < 1.29 is 9.59 Å². The summed E-state index contributed by atoms with van der Waals surface area (Å²) >= 11 is 7.09. The van der Waals surface area contributed by atoms with E-state index in [1.165, 1.54) is 16.9 Å². The molecule has 0 unspecified atom stereocenters. The van der Waals surface area contributed by atoms with Gasteiger partial charge in [-0.2, -0.15) is 0 Å². The molecule has 0 fully saturated rings. The van der Waals surface area contributed by atoms with Crippen LogP contribution in [-0.2, 0) is 24.2 Å². The third kappa shape index (κ3) is 6.37. The van der Waals surface area contributed by atoms with Crippen molar-refractivity contribution in [1.29, 1.82) is 0 Å². The first-order chi connectivity index (χ1) is 14.0. The first-order valence-corrected chi connectivity index (χ1v) is 10.5. The normalized spacial score (nSPS) is 10.6. The summed E-state index contributed by atoms with van der Waals surface area (Å²) in [7, 11) is 0. The molecular weight excluding hydrogens is 408 g/mol. The number of rotatable bonds is 8. The van der Waals surface area contributed by atoms with Crippen LogP contribution in [0.15, 0.2) is 48.5 Å². The van der Waals surface area contributed by atoms with Crippen LogP contribution < -0.4 is 10.6 Å². The number of aromatic nitrogens is 2. The van der Waals surface area contributed by atoms with Crippen molar-refractivity contribution in [3.05, 3.63) is 74.7 Å². The van der Waals surface area contributed by atoms with Gasteiger partial charge in [0.25, 0.3) is 5.91 Å². The Kier molecular flexibility index (Phi) is 7.32. The predicted molar refractivity (Wildman–Crippen MR) is 115 cm³/mol. The van der Waals surface area contributed by atoms with Gasteiger partial charge < -0.3 is 10.6 Å². The van der Waals surface area contributed by atoms with Gasteiger partial charge in [-0.3, -0.25) is 9.59 Å². The van der Waals surface area contributed by atoms with E-state index in [0.717, 1.165) is 12.0 Å². The maximum atomic E-state index is 12.3. The van der Waals surface area contributed by atoms with E-state index in [1.807, 2.05) is 12.1 Å². The highest BCUT2D eigenvalue weighted by atomic mass is 35.5. The molecule has 1 heterocycles. The summed E-state index contributed by atoms with van der Waals surface area (Å²) in [5.41, 5.74) is 2.92. The van der Waals surface area contributed by atoms with Gasteiger partial charge in [0.05, 0.1) is 0 Å². The van der Waals surface area contributed by atoms with Crippen molar-refractivity contribution in [1.82, 2.24) is 15.5 Å². The Labute approximate surface area is 178 Å². The second-order valence-corrected chi connectivity index (χ2v) is 7.91. The van der Waals surface area contributed by atoms with E-state index >= 15 is 0 Å². The molecule has 150 valence electrons. The van der Waals surface area contributed by atoms with E-state index in [2.05, 4.69) is 39.9 Å². The van der Waals surface area contributed by atoms with Crippen molar-refractivity contribution in [3.8, 4) is 0 Å². The standard InChI is InChI=1S/C21H21ClN4O2S/c1-2-14-6-8-15(9-7-14)13-23-18(27)10-11-19-25-26-21(29-19)20(28)24-17-5-3-4-16(22)12-17/h3-9,12H,2,10-11,13H2,1H3,(H,23,27)(H,24,28). The van der Waals surface area contributed by atoms with E-state index in [9.17, 15) is 9.59 Å². The summed E-state index contributed by atoms with van der Waals surface area (Å²) < 4.78 is 0. The molecule has 0 saturated carbocycles. The fraction of sp³-hybridized carbons (Fsp3) is 0.238. The van der Waals surface area contributed by atoms with Crippen molar-refractivity contribution in [2.75, 3.05) is 5.32 Å². The molecule has 8 heteroatoms. The highest BCUT2D eigenvalue weighted by Crippen LogP contribution is 2.18. The molecule has 0 bridgehead atoms. The van der Waals surface area contributed by atoms with E-state index < -0.39 is 0 Å². The number of hydrogen-bond acceptors (Lipinski definition) is 5. The third-order valence-electron chi connectivity index (χ3n) is 4.23. The van der Waals surface area contributed by atoms with E-state index in [-0.39, 0.29) is 23.2 Å². The minimum Gasteiger partial charge on any atom is -0.352 e. The van der Waals surface area contributed by atoms with Gasteiger partial charge in [0.15, 0.2) is 0 Å². The smallest absolute Gasteiger partial charge is 0.286 e. The zero-order valence-electron chi connectivity index (χ0n) is 15.9. The number of carbonyl (C=O) groups is 2. The van der Waals surface area contributed by atoms with E-state index in [0.29, 0.717) is 28.7 Å². The number of aryl methyl sites for hydroxylation is 2. The van der Waals surface area contributed by atoms with Crippen LogP contribution in [0.25, 0.3) is 0 Å². The molecule has 0 saturated heterocycles.